The van der Waals surface area contributed by atoms with Crippen LogP contribution in [0, 0.1) is 0 Å². The predicted octanol–water partition coefficient (Wildman–Crippen LogP) is 3.71. The minimum Gasteiger partial charge on any atom is -0.311 e. The largest absolute Gasteiger partial charge is 0.417 e. The molecule has 0 saturated heterocycles. The summed E-state index contributed by atoms with van der Waals surface area (Å²) < 4.78 is 69.0. The van der Waals surface area contributed by atoms with Gasteiger partial charge in [0.1, 0.15) is 5.82 Å². The van der Waals surface area contributed by atoms with Gasteiger partial charge in [-0.3, -0.25) is 4.72 Å². The Balaban J connectivity index is 1.69. The Morgan fingerprint density at radius 2 is 1.82 bits per heavy atom. The number of nitrogens with one attached hydrogen (secondary N) is 1. The van der Waals surface area contributed by atoms with Crippen LogP contribution in [0.1, 0.15) is 17.8 Å². The highest BCUT2D eigenvalue weighted by molar-refractivity contribution is 7.92. The van der Waals surface area contributed by atoms with Crippen molar-refractivity contribution in [3.8, 4) is 11.4 Å². The van der Waals surface area contributed by atoms with E-state index in [2.05, 4.69) is 14.9 Å². The van der Waals surface area contributed by atoms with Gasteiger partial charge in [0.25, 0.3) is 10.0 Å². The minimum absolute atomic E-state index is 0.143. The third-order valence-corrected chi connectivity index (χ3v) is 5.90. The number of rotatable bonds is 4. The highest BCUT2D eigenvalue weighted by atomic mass is 32.2. The average molecular weight is 408 g/mol. The molecule has 0 amide bonds. The van der Waals surface area contributed by atoms with Crippen LogP contribution in [-0.2, 0) is 29.2 Å². The van der Waals surface area contributed by atoms with Crippen LogP contribution in [-0.4, -0.2) is 23.2 Å². The second kappa shape index (κ2) is 6.62. The first-order valence-electron chi connectivity index (χ1n) is 8.47. The molecular formula is C18H15F3N4O2S. The van der Waals surface area contributed by atoms with E-state index in [0.29, 0.717) is 11.4 Å². The topological polar surface area (TPSA) is 76.9 Å². The van der Waals surface area contributed by atoms with Gasteiger partial charge < -0.3 is 4.57 Å². The first-order valence-corrected chi connectivity index (χ1v) is 9.95. The number of fused-ring (bicyclic) bond motifs is 1. The SMILES string of the molecule is O=S(=O)(Nc1cccc(-c2nnc3n2CCC3)c1)c1ccccc1C(F)(F)F. The Bertz CT molecular complexity index is 1140. The maximum Gasteiger partial charge on any atom is 0.417 e. The third kappa shape index (κ3) is 3.35. The maximum absolute atomic E-state index is 13.2. The molecule has 0 spiro atoms. The number of aryl methyl sites for hydroxylation is 1. The van der Waals surface area contributed by atoms with Crippen molar-refractivity contribution in [1.29, 1.82) is 0 Å². The molecule has 4 rings (SSSR count). The van der Waals surface area contributed by atoms with E-state index in [1.807, 2.05) is 4.57 Å². The second-order valence-electron chi connectivity index (χ2n) is 6.38. The number of sulfonamides is 1. The summed E-state index contributed by atoms with van der Waals surface area (Å²) in [6.07, 6.45) is -3.00. The van der Waals surface area contributed by atoms with E-state index in [4.69, 9.17) is 0 Å². The molecule has 0 fully saturated rings. The number of alkyl halides is 3. The first kappa shape index (κ1) is 18.5. The standard InChI is InChI=1S/C18H15F3N4O2S/c19-18(20,21)14-7-1-2-8-15(14)28(26,27)24-13-6-3-5-12(11-13)17-23-22-16-9-4-10-25(16)17/h1-3,5-8,11,24H,4,9-10H2. The molecule has 2 aromatic carbocycles. The molecule has 2 heterocycles. The Kier molecular flexibility index (Phi) is 4.37. The second-order valence-corrected chi connectivity index (χ2v) is 8.03. The van der Waals surface area contributed by atoms with Crippen LogP contribution in [0.4, 0.5) is 18.9 Å². The molecule has 0 radical (unpaired) electrons. The number of anilines is 1. The van der Waals surface area contributed by atoms with Crippen LogP contribution in [0.2, 0.25) is 0 Å². The smallest absolute Gasteiger partial charge is 0.311 e. The van der Waals surface area contributed by atoms with E-state index >= 15 is 0 Å². The lowest BCUT2D eigenvalue weighted by Gasteiger charge is -2.14. The maximum atomic E-state index is 13.2. The molecular weight excluding hydrogens is 393 g/mol. The molecule has 10 heteroatoms. The lowest BCUT2D eigenvalue weighted by molar-refractivity contribution is -0.139. The molecule has 6 nitrogen and oxygen atoms in total. The zero-order chi connectivity index (χ0) is 19.9. The molecule has 0 unspecified atom stereocenters. The van der Waals surface area contributed by atoms with Gasteiger partial charge in [0.2, 0.25) is 0 Å². The molecule has 1 N–H and O–H groups in total. The Morgan fingerprint density at radius 3 is 2.61 bits per heavy atom. The van der Waals surface area contributed by atoms with Crippen molar-refractivity contribution < 1.29 is 21.6 Å². The summed E-state index contributed by atoms with van der Waals surface area (Å²) in [5, 5.41) is 8.25. The summed E-state index contributed by atoms with van der Waals surface area (Å²) in [7, 11) is -4.44. The fourth-order valence-electron chi connectivity index (χ4n) is 3.23. The lowest BCUT2D eigenvalue weighted by atomic mass is 10.2. The zero-order valence-corrected chi connectivity index (χ0v) is 15.3. The van der Waals surface area contributed by atoms with Crippen molar-refractivity contribution in [2.24, 2.45) is 0 Å². The van der Waals surface area contributed by atoms with Crippen LogP contribution < -0.4 is 4.72 Å². The number of benzene rings is 2. The Morgan fingerprint density at radius 1 is 1.04 bits per heavy atom. The van der Waals surface area contributed by atoms with Gasteiger partial charge in [-0.05, 0) is 30.7 Å². The molecule has 1 aromatic heterocycles. The van der Waals surface area contributed by atoms with E-state index in [-0.39, 0.29) is 5.69 Å². The normalized spacial score (nSPS) is 14.1. The minimum atomic E-state index is -4.78. The molecule has 3 aromatic rings. The van der Waals surface area contributed by atoms with Crippen molar-refractivity contribution in [2.75, 3.05) is 4.72 Å². The summed E-state index contributed by atoms with van der Waals surface area (Å²) in [6.45, 7) is 0.770. The van der Waals surface area contributed by atoms with Gasteiger partial charge in [0.05, 0.1) is 10.5 Å². The van der Waals surface area contributed by atoms with Crippen molar-refractivity contribution in [2.45, 2.75) is 30.5 Å². The Labute approximate surface area is 159 Å². The molecule has 1 aliphatic heterocycles. The molecule has 146 valence electrons. The third-order valence-electron chi connectivity index (χ3n) is 4.46. The van der Waals surface area contributed by atoms with Crippen LogP contribution in [0.5, 0.6) is 0 Å². The number of aromatic nitrogens is 3. The highest BCUT2D eigenvalue weighted by Crippen LogP contribution is 2.35. The van der Waals surface area contributed by atoms with Gasteiger partial charge in [-0.2, -0.15) is 13.2 Å². The number of hydrogen-bond acceptors (Lipinski definition) is 4. The molecule has 28 heavy (non-hydrogen) atoms. The predicted molar refractivity (Wildman–Crippen MR) is 96.0 cm³/mol. The fraction of sp³-hybridized carbons (Fsp3) is 0.222. The van der Waals surface area contributed by atoms with Crippen molar-refractivity contribution in [1.82, 2.24) is 14.8 Å². The van der Waals surface area contributed by atoms with Crippen LogP contribution in [0.3, 0.4) is 0 Å². The zero-order valence-electron chi connectivity index (χ0n) is 14.4. The van der Waals surface area contributed by atoms with Gasteiger partial charge >= 0.3 is 6.18 Å². The van der Waals surface area contributed by atoms with Crippen molar-refractivity contribution >= 4 is 15.7 Å². The van der Waals surface area contributed by atoms with Crippen molar-refractivity contribution in [3.05, 3.63) is 59.9 Å². The van der Waals surface area contributed by atoms with Gasteiger partial charge in [0, 0.05) is 24.2 Å². The average Bonchev–Trinajstić information content (AvgIpc) is 3.24. The monoisotopic (exact) mass is 408 g/mol. The van der Waals surface area contributed by atoms with E-state index in [9.17, 15) is 21.6 Å². The first-order chi connectivity index (χ1) is 13.3. The van der Waals surface area contributed by atoms with E-state index in [0.717, 1.165) is 43.4 Å². The summed E-state index contributed by atoms with van der Waals surface area (Å²) in [4.78, 5) is -0.823. The number of halogens is 3. The lowest BCUT2D eigenvalue weighted by Crippen LogP contribution is -2.18. The van der Waals surface area contributed by atoms with Gasteiger partial charge in [-0.25, -0.2) is 8.42 Å². The quantitative estimate of drug-likeness (QED) is 0.714. The fourth-order valence-corrected chi connectivity index (χ4v) is 4.51. The van der Waals surface area contributed by atoms with Gasteiger partial charge in [-0.15, -0.1) is 10.2 Å². The van der Waals surface area contributed by atoms with Crippen LogP contribution >= 0.6 is 0 Å². The van der Waals surface area contributed by atoms with Gasteiger partial charge in [0.15, 0.2) is 5.82 Å². The Hall–Kier alpha value is -2.88. The molecule has 0 bridgehead atoms. The summed E-state index contributed by atoms with van der Waals surface area (Å²) in [5.41, 5.74) is -0.441. The van der Waals surface area contributed by atoms with Crippen LogP contribution in [0.15, 0.2) is 53.4 Å². The number of nitrogens with zero attached hydrogens (tertiary/aromatic N) is 3. The molecule has 0 atom stereocenters. The molecule has 1 aliphatic rings. The van der Waals surface area contributed by atoms with Gasteiger partial charge in [-0.1, -0.05) is 24.3 Å². The molecule has 0 aliphatic carbocycles. The van der Waals surface area contributed by atoms with E-state index < -0.39 is 26.7 Å². The van der Waals surface area contributed by atoms with Crippen LogP contribution in [0.25, 0.3) is 11.4 Å². The van der Waals surface area contributed by atoms with E-state index in [1.54, 1.807) is 12.1 Å². The van der Waals surface area contributed by atoms with Crippen molar-refractivity contribution in [3.63, 3.8) is 0 Å². The summed E-state index contributed by atoms with van der Waals surface area (Å²) in [5.74, 6) is 1.46. The summed E-state index contributed by atoms with van der Waals surface area (Å²) in [6, 6.07) is 10.4. The van der Waals surface area contributed by atoms with E-state index in [1.165, 1.54) is 18.2 Å². The molecule has 0 saturated carbocycles. The highest BCUT2D eigenvalue weighted by Gasteiger charge is 2.37. The summed E-state index contributed by atoms with van der Waals surface area (Å²) >= 11 is 0. The number of hydrogen-bond donors (Lipinski definition) is 1.